The predicted octanol–water partition coefficient (Wildman–Crippen LogP) is 9.05. The molecular formula is C65H79ClFN10O12S-. The molecule has 90 heavy (non-hydrogen) atoms. The Balaban J connectivity index is 0.632. The molecule has 2 amide bonds. The quantitative estimate of drug-likeness (QED) is 0.0225. The van der Waals surface area contributed by atoms with Gasteiger partial charge in [-0.3, -0.25) is 25.1 Å². The number of fused-ring (bicyclic) bond motifs is 2. The van der Waals surface area contributed by atoms with Crippen LogP contribution in [0.3, 0.4) is 0 Å². The van der Waals surface area contributed by atoms with E-state index in [2.05, 4.69) is 32.0 Å². The minimum absolute atomic E-state index is 0.0168. The van der Waals surface area contributed by atoms with Crippen LogP contribution < -0.4 is 19.8 Å². The van der Waals surface area contributed by atoms with E-state index < -0.39 is 24.0 Å². The zero-order valence-electron chi connectivity index (χ0n) is 51.5. The van der Waals surface area contributed by atoms with E-state index >= 15 is 4.39 Å². The standard InChI is InChI=1S/C65H79ClFN10O12S/c1-7-57(80)74-18-20-75(21-19-74)63-52-35-53(66)59(51-33-47(78)31-44-10-8-9-11-50(44)51)60(67)61(52)70-65(71-63)88-42(5)37-73-16-14-49(15-17-73)86-28-26-84-24-22-83-23-25-85-27-29-87-54-32-45(62-43(6)68-39-90-62)12-13-46(54)36-69-77(82)56-34-48(79)38-76(56)64(81)58(40(2)3)55-30-41(4)72-89-55/h7-13,30-33,35,39-40,42,48-49,56,58,69,78-79H,1,14-29,34,36-38H2,2-6H3/q-1/t42-,48-,56-,58+/m1/s1. The Labute approximate surface area is 531 Å². The Kier molecular flexibility index (Phi) is 22.7. The molecule has 6 heterocycles. The molecule has 22 nitrogen and oxygen atoms in total. The molecule has 0 spiro atoms. The largest absolute Gasteiger partial charge is 0.770 e. The number of aryl methyl sites for hydroxylation is 2. The van der Waals surface area contributed by atoms with E-state index in [-0.39, 0.29) is 90.5 Å². The van der Waals surface area contributed by atoms with Crippen molar-refractivity contribution in [2.24, 2.45) is 5.92 Å². The van der Waals surface area contributed by atoms with Gasteiger partial charge in [-0.25, -0.2) is 9.37 Å². The number of rotatable bonds is 29. The lowest BCUT2D eigenvalue weighted by molar-refractivity contribution is -0.139. The van der Waals surface area contributed by atoms with Gasteiger partial charge in [-0.1, -0.05) is 73.6 Å². The molecule has 0 saturated carbocycles. The van der Waals surface area contributed by atoms with E-state index in [1.165, 1.54) is 28.4 Å². The first kappa shape index (κ1) is 66.0. The molecule has 7 aromatic rings. The van der Waals surface area contributed by atoms with E-state index in [9.17, 15) is 25.0 Å². The summed E-state index contributed by atoms with van der Waals surface area (Å²) in [6.07, 6.45) is 0.943. The lowest BCUT2D eigenvalue weighted by Crippen LogP contribution is -2.51. The predicted molar refractivity (Wildman–Crippen MR) is 341 cm³/mol. The number of phenolic OH excluding ortho intramolecular Hbond substituents is 1. The number of carbonyl (C=O) groups is 2. The maximum absolute atomic E-state index is 17.2. The summed E-state index contributed by atoms with van der Waals surface area (Å²) in [4.78, 5) is 48.7. The summed E-state index contributed by atoms with van der Waals surface area (Å²) in [5.41, 5.74) is 8.45. The van der Waals surface area contributed by atoms with Crippen LogP contribution in [0.25, 0.3) is 43.2 Å². The van der Waals surface area contributed by atoms with E-state index in [0.29, 0.717) is 122 Å². The SMILES string of the molecule is C=CC(=O)N1CCN(c2nc(O[C@H](C)CN3CCC(OCCOCCOCCOCCOc4cc(-c5scnc5C)ccc4CNN([O-])[C@@H]4C[C@@H](O)CN4C(=O)[C@H](c4cc(C)no4)C(C)C)CC3)nc3c(F)c(-c4cc(O)cc5ccccc45)c(Cl)cc23)CC1. The van der Waals surface area contributed by atoms with Crippen LogP contribution in [0.4, 0.5) is 10.2 Å². The van der Waals surface area contributed by atoms with Crippen LogP contribution in [0.2, 0.25) is 5.02 Å². The highest BCUT2D eigenvalue weighted by molar-refractivity contribution is 7.13. The Bertz CT molecular complexity index is 3580. The van der Waals surface area contributed by atoms with Crippen molar-refractivity contribution >= 4 is 62.2 Å². The summed E-state index contributed by atoms with van der Waals surface area (Å²) in [5.74, 6) is -0.545. The minimum Gasteiger partial charge on any atom is -0.770 e. The molecule has 3 saturated heterocycles. The summed E-state index contributed by atoms with van der Waals surface area (Å²) in [5, 5.41) is 41.6. The van der Waals surface area contributed by atoms with E-state index in [4.69, 9.17) is 49.5 Å². The number of aliphatic hydroxyl groups is 1. The number of hydrogen-bond acceptors (Lipinski definition) is 21. The van der Waals surface area contributed by atoms with Crippen LogP contribution in [0.15, 0.2) is 89.4 Å². The maximum atomic E-state index is 17.2. The monoisotopic (exact) mass is 1280 g/mol. The molecule has 0 bridgehead atoms. The minimum atomic E-state index is -0.948. The molecule has 3 fully saturated rings. The van der Waals surface area contributed by atoms with Crippen molar-refractivity contribution < 1.29 is 57.1 Å². The number of anilines is 1. The third-order valence-corrected chi connectivity index (χ3v) is 17.7. The van der Waals surface area contributed by atoms with Crippen molar-refractivity contribution in [3.63, 3.8) is 0 Å². The smallest absolute Gasteiger partial charge is 0.319 e. The fraction of sp³-hybridized carbons (Fsp3) is 0.477. The first-order chi connectivity index (χ1) is 43.5. The van der Waals surface area contributed by atoms with Crippen LogP contribution >= 0.6 is 22.9 Å². The van der Waals surface area contributed by atoms with Crippen LogP contribution in [0, 0.1) is 30.8 Å². The van der Waals surface area contributed by atoms with Crippen molar-refractivity contribution in [2.45, 2.75) is 90.8 Å². The van der Waals surface area contributed by atoms with Crippen LogP contribution in [0.1, 0.15) is 68.7 Å². The second kappa shape index (κ2) is 30.9. The first-order valence-electron chi connectivity index (χ1n) is 30.6. The molecule has 3 N–H and O–H groups in total. The third-order valence-electron chi connectivity index (χ3n) is 16.4. The molecule has 10 rings (SSSR count). The fourth-order valence-electron chi connectivity index (χ4n) is 11.9. The Morgan fingerprint density at radius 3 is 2.33 bits per heavy atom. The number of aromatic nitrogens is 4. The van der Waals surface area contributed by atoms with Crippen molar-refractivity contribution in [3.05, 3.63) is 124 Å². The second-order valence-corrected chi connectivity index (χ2v) is 24.5. The van der Waals surface area contributed by atoms with Gasteiger partial charge in [-0.2, -0.15) is 9.97 Å². The lowest BCUT2D eigenvalue weighted by Gasteiger charge is -2.41. The van der Waals surface area contributed by atoms with Gasteiger partial charge in [-0.05, 0) is 91.8 Å². The van der Waals surface area contributed by atoms with Gasteiger partial charge in [0.1, 0.15) is 47.2 Å². The number of aromatic hydroxyl groups is 1. The number of hydrogen-bond donors (Lipinski definition) is 3. The van der Waals surface area contributed by atoms with Gasteiger partial charge >= 0.3 is 6.01 Å². The number of amides is 2. The summed E-state index contributed by atoms with van der Waals surface area (Å²) >= 11 is 8.47. The van der Waals surface area contributed by atoms with Crippen molar-refractivity contribution in [2.75, 3.05) is 110 Å². The number of nitrogens with zero attached hydrogens (tertiary/aromatic N) is 9. The Morgan fingerprint density at radius 1 is 0.922 bits per heavy atom. The molecule has 0 radical (unpaired) electrons. The third kappa shape index (κ3) is 16.2. The van der Waals surface area contributed by atoms with Gasteiger partial charge < -0.3 is 63.1 Å². The first-order valence-corrected chi connectivity index (χ1v) is 31.9. The molecule has 3 aliphatic heterocycles. The number of ether oxygens (including phenoxy) is 6. The second-order valence-electron chi connectivity index (χ2n) is 23.2. The number of nitrogens with one attached hydrogen (secondary N) is 1. The van der Waals surface area contributed by atoms with Crippen molar-refractivity contribution in [1.82, 2.24) is 45.4 Å². The summed E-state index contributed by atoms with van der Waals surface area (Å²) in [6.45, 7) is 20.0. The van der Waals surface area contributed by atoms with Crippen molar-refractivity contribution in [3.8, 4) is 39.1 Å². The van der Waals surface area contributed by atoms with Crippen LogP contribution in [-0.2, 0) is 35.1 Å². The molecule has 3 aliphatic rings. The van der Waals surface area contributed by atoms with E-state index in [1.54, 1.807) is 35.5 Å². The fourth-order valence-corrected chi connectivity index (χ4v) is 13.0. The molecule has 4 atom stereocenters. The molecule has 25 heteroatoms. The van der Waals surface area contributed by atoms with Gasteiger partial charge in [0.15, 0.2) is 5.82 Å². The number of hydrazine groups is 1. The number of piperidine rings is 1. The number of hydroxylamine groups is 1. The zero-order valence-corrected chi connectivity index (χ0v) is 53.1. The van der Waals surface area contributed by atoms with Gasteiger partial charge in [0, 0.05) is 87.9 Å². The number of aliphatic hydroxyl groups excluding tert-OH is 1. The number of halogens is 2. The number of piperazine rings is 1. The van der Waals surface area contributed by atoms with E-state index in [1.807, 2.05) is 75.1 Å². The van der Waals surface area contributed by atoms with Crippen LogP contribution in [-0.4, -0.2) is 192 Å². The van der Waals surface area contributed by atoms with Gasteiger partial charge in [0.25, 0.3) is 0 Å². The number of benzene rings is 4. The molecule has 0 unspecified atom stereocenters. The highest BCUT2D eigenvalue weighted by atomic mass is 35.5. The Hall–Kier alpha value is -6.94. The van der Waals surface area contributed by atoms with Crippen molar-refractivity contribution in [1.29, 1.82) is 0 Å². The topological polar surface area (TPSA) is 246 Å². The van der Waals surface area contributed by atoms with Gasteiger partial charge in [-0.15, -0.1) is 11.3 Å². The summed E-state index contributed by atoms with van der Waals surface area (Å²) in [6, 6.07) is 19.7. The molecule has 3 aromatic heterocycles. The average Bonchev–Trinajstić information content (AvgIpc) is 1.15. The van der Waals surface area contributed by atoms with E-state index in [0.717, 1.165) is 47.5 Å². The molecule has 0 aliphatic carbocycles. The van der Waals surface area contributed by atoms with Gasteiger partial charge in [0.2, 0.25) is 11.8 Å². The highest BCUT2D eigenvalue weighted by Crippen LogP contribution is 2.43. The zero-order chi connectivity index (χ0) is 63.4. The number of thiazole rings is 1. The number of β-amino-alcohol motifs (C(OH)–C–C–N with tert-alkyl or cyclic N) is 1. The summed E-state index contributed by atoms with van der Waals surface area (Å²) < 4.78 is 58.9. The number of carbonyl (C=O) groups excluding carboxylic acids is 2. The van der Waals surface area contributed by atoms with Crippen LogP contribution in [0.5, 0.6) is 17.5 Å². The number of phenols is 1. The summed E-state index contributed by atoms with van der Waals surface area (Å²) in [7, 11) is 0. The average molecular weight is 1280 g/mol. The molecule has 4 aromatic carbocycles. The number of likely N-dealkylation sites (tertiary alicyclic amines) is 2. The maximum Gasteiger partial charge on any atom is 0.319 e. The molecular weight excluding hydrogens is 1200 g/mol. The lowest BCUT2D eigenvalue weighted by atomic mass is 9.91. The molecule has 482 valence electrons. The normalized spacial score (nSPS) is 17.5. The highest BCUT2D eigenvalue weighted by Gasteiger charge is 2.41. The van der Waals surface area contributed by atoms with Gasteiger partial charge in [0.05, 0.1) is 91.4 Å². The Morgan fingerprint density at radius 2 is 1.64 bits per heavy atom.